The monoisotopic (exact) mass is 337 g/mol. The van der Waals surface area contributed by atoms with Gasteiger partial charge in [0.1, 0.15) is 11.2 Å². The van der Waals surface area contributed by atoms with E-state index in [-0.39, 0.29) is 11.6 Å². The van der Waals surface area contributed by atoms with E-state index in [0.29, 0.717) is 24.0 Å². The summed E-state index contributed by atoms with van der Waals surface area (Å²) in [7, 11) is 0. The van der Waals surface area contributed by atoms with Crippen molar-refractivity contribution in [2.24, 2.45) is 5.41 Å². The zero-order valence-corrected chi connectivity index (χ0v) is 14.0. The third-order valence-corrected chi connectivity index (χ3v) is 5.21. The lowest BCUT2D eigenvalue weighted by atomic mass is 9.59. The summed E-state index contributed by atoms with van der Waals surface area (Å²) in [4.78, 5) is 36.9. The lowest BCUT2D eigenvalue weighted by molar-refractivity contribution is -0.485. The molecule has 2 aromatic carbocycles. The molecule has 0 aromatic heterocycles. The van der Waals surface area contributed by atoms with Gasteiger partial charge < -0.3 is 0 Å². The third kappa shape index (κ3) is 2.86. The highest BCUT2D eigenvalue weighted by molar-refractivity contribution is 6.16. The van der Waals surface area contributed by atoms with Crippen LogP contribution in [0.2, 0.25) is 0 Å². The van der Waals surface area contributed by atoms with Crippen LogP contribution in [0.15, 0.2) is 54.6 Å². The standard InChI is InChI=1S/C20H19NO4/c1-14(22)20(12-11-15-7-5-6-10-17(15)19(20)23)18(13-21(24)25)16-8-3-2-4-9-16/h2-10,18H,11-13H2,1H3/t18-,20?/m0/s1. The summed E-state index contributed by atoms with van der Waals surface area (Å²) in [6.45, 7) is 0.930. The molecule has 0 heterocycles. The lowest BCUT2D eigenvalue weighted by Crippen LogP contribution is -2.48. The molecule has 2 aromatic rings. The van der Waals surface area contributed by atoms with Crippen molar-refractivity contribution in [2.45, 2.75) is 25.7 Å². The molecule has 0 aliphatic heterocycles. The highest BCUT2D eigenvalue weighted by Crippen LogP contribution is 2.47. The van der Waals surface area contributed by atoms with Crippen LogP contribution in [0, 0.1) is 15.5 Å². The molecule has 3 rings (SSSR count). The Bertz CT molecular complexity index is 831. The van der Waals surface area contributed by atoms with Crippen molar-refractivity contribution < 1.29 is 14.5 Å². The number of hydrogen-bond acceptors (Lipinski definition) is 4. The van der Waals surface area contributed by atoms with Crippen molar-refractivity contribution >= 4 is 11.6 Å². The van der Waals surface area contributed by atoms with Gasteiger partial charge in [0.2, 0.25) is 6.54 Å². The fourth-order valence-electron chi connectivity index (χ4n) is 3.94. The second-order valence-corrected chi connectivity index (χ2v) is 6.49. The maximum absolute atomic E-state index is 13.3. The molecule has 5 heteroatoms. The number of Topliss-reactive ketones (excluding diaryl/α,β-unsaturated/α-hetero) is 2. The molecule has 1 aliphatic rings. The molecule has 0 spiro atoms. The predicted octanol–water partition coefficient (Wildman–Crippen LogP) is 3.45. The maximum atomic E-state index is 13.3. The number of fused-ring (bicyclic) bond motifs is 1. The largest absolute Gasteiger partial charge is 0.299 e. The SMILES string of the molecule is CC(=O)C1([C@@H](C[N+](=O)[O-])c2ccccc2)CCc2ccccc2C1=O. The summed E-state index contributed by atoms with van der Waals surface area (Å²) in [6, 6.07) is 16.1. The van der Waals surface area contributed by atoms with Gasteiger partial charge in [-0.2, -0.15) is 0 Å². The number of rotatable bonds is 5. The van der Waals surface area contributed by atoms with Crippen LogP contribution < -0.4 is 0 Å². The van der Waals surface area contributed by atoms with E-state index in [9.17, 15) is 19.7 Å². The minimum absolute atomic E-state index is 0.294. The molecular formula is C20H19NO4. The van der Waals surface area contributed by atoms with E-state index < -0.39 is 22.8 Å². The molecule has 25 heavy (non-hydrogen) atoms. The summed E-state index contributed by atoms with van der Waals surface area (Å²) in [5, 5.41) is 11.3. The molecule has 5 nitrogen and oxygen atoms in total. The van der Waals surface area contributed by atoms with E-state index in [1.807, 2.05) is 18.2 Å². The summed E-state index contributed by atoms with van der Waals surface area (Å²) in [6.07, 6.45) is 0.855. The van der Waals surface area contributed by atoms with Gasteiger partial charge in [0.25, 0.3) is 0 Å². The second kappa shape index (κ2) is 6.59. The van der Waals surface area contributed by atoms with Crippen molar-refractivity contribution in [1.82, 2.24) is 0 Å². The van der Waals surface area contributed by atoms with Crippen LogP contribution in [0.25, 0.3) is 0 Å². The smallest absolute Gasteiger partial charge is 0.212 e. The topological polar surface area (TPSA) is 77.3 Å². The van der Waals surface area contributed by atoms with Gasteiger partial charge in [0, 0.05) is 10.5 Å². The van der Waals surface area contributed by atoms with Crippen LogP contribution in [0.1, 0.15) is 40.7 Å². The average Bonchev–Trinajstić information content (AvgIpc) is 2.61. The minimum atomic E-state index is -1.39. The number of carbonyl (C=O) groups excluding carboxylic acids is 2. The number of ketones is 2. The molecule has 0 fully saturated rings. The highest BCUT2D eigenvalue weighted by Gasteiger charge is 2.54. The van der Waals surface area contributed by atoms with Gasteiger partial charge in [0.05, 0.1) is 5.92 Å². The molecule has 0 radical (unpaired) electrons. The zero-order chi connectivity index (χ0) is 18.0. The molecular weight excluding hydrogens is 318 g/mol. The molecule has 2 atom stereocenters. The van der Waals surface area contributed by atoms with Gasteiger partial charge in [-0.25, -0.2) is 0 Å². The molecule has 1 unspecified atom stereocenters. The lowest BCUT2D eigenvalue weighted by Gasteiger charge is -2.39. The van der Waals surface area contributed by atoms with Crippen LogP contribution in [0.4, 0.5) is 0 Å². The van der Waals surface area contributed by atoms with E-state index >= 15 is 0 Å². The van der Waals surface area contributed by atoms with Crippen LogP contribution in [-0.2, 0) is 11.2 Å². The van der Waals surface area contributed by atoms with Crippen LogP contribution >= 0.6 is 0 Å². The fourth-order valence-corrected chi connectivity index (χ4v) is 3.94. The van der Waals surface area contributed by atoms with Gasteiger partial charge >= 0.3 is 0 Å². The van der Waals surface area contributed by atoms with E-state index in [0.717, 1.165) is 5.56 Å². The van der Waals surface area contributed by atoms with Crippen molar-refractivity contribution in [3.63, 3.8) is 0 Å². The van der Waals surface area contributed by atoms with E-state index in [1.165, 1.54) is 6.92 Å². The van der Waals surface area contributed by atoms with Gasteiger partial charge in [-0.1, -0.05) is 54.6 Å². The molecule has 0 N–H and O–H groups in total. The molecule has 0 saturated heterocycles. The molecule has 0 bridgehead atoms. The van der Waals surface area contributed by atoms with Crippen LogP contribution in [0.3, 0.4) is 0 Å². The first-order valence-electron chi connectivity index (χ1n) is 8.27. The summed E-state index contributed by atoms with van der Waals surface area (Å²) in [5.41, 5.74) is 0.677. The molecule has 1 aliphatic carbocycles. The zero-order valence-electron chi connectivity index (χ0n) is 14.0. The van der Waals surface area contributed by atoms with Crippen molar-refractivity contribution in [1.29, 1.82) is 0 Å². The number of aryl methyl sites for hydroxylation is 1. The van der Waals surface area contributed by atoms with Gasteiger partial charge in [0.15, 0.2) is 5.78 Å². The Morgan fingerprint density at radius 2 is 1.80 bits per heavy atom. The van der Waals surface area contributed by atoms with E-state index in [1.54, 1.807) is 36.4 Å². The predicted molar refractivity (Wildman–Crippen MR) is 93.3 cm³/mol. The first-order valence-corrected chi connectivity index (χ1v) is 8.27. The van der Waals surface area contributed by atoms with Crippen molar-refractivity contribution in [2.75, 3.05) is 6.54 Å². The first-order chi connectivity index (χ1) is 12.0. The number of nitro groups is 1. The summed E-state index contributed by atoms with van der Waals surface area (Å²) >= 11 is 0. The fraction of sp³-hybridized carbons (Fsp3) is 0.300. The summed E-state index contributed by atoms with van der Waals surface area (Å²) < 4.78 is 0. The van der Waals surface area contributed by atoms with Gasteiger partial charge in [-0.05, 0) is 30.9 Å². The Morgan fingerprint density at radius 1 is 1.16 bits per heavy atom. The maximum Gasteiger partial charge on any atom is 0.212 e. The molecule has 0 saturated carbocycles. The Labute approximate surface area is 145 Å². The quantitative estimate of drug-likeness (QED) is 0.475. The van der Waals surface area contributed by atoms with Crippen molar-refractivity contribution in [3.8, 4) is 0 Å². The number of nitrogens with zero attached hydrogens (tertiary/aromatic N) is 1. The van der Waals surface area contributed by atoms with Crippen molar-refractivity contribution in [3.05, 3.63) is 81.4 Å². The highest BCUT2D eigenvalue weighted by atomic mass is 16.6. The van der Waals surface area contributed by atoms with E-state index in [2.05, 4.69) is 0 Å². The molecule has 128 valence electrons. The van der Waals surface area contributed by atoms with Gasteiger partial charge in [-0.3, -0.25) is 19.7 Å². The van der Waals surface area contributed by atoms with Gasteiger partial charge in [-0.15, -0.1) is 0 Å². The Morgan fingerprint density at radius 3 is 2.44 bits per heavy atom. The number of carbonyl (C=O) groups is 2. The Balaban J connectivity index is 2.18. The van der Waals surface area contributed by atoms with Crippen LogP contribution in [-0.4, -0.2) is 23.0 Å². The third-order valence-electron chi connectivity index (χ3n) is 5.21. The molecule has 0 amide bonds. The normalized spacial score (nSPS) is 20.6. The number of benzene rings is 2. The average molecular weight is 337 g/mol. The summed E-state index contributed by atoms with van der Waals surface area (Å²) in [5.74, 6) is -1.37. The number of hydrogen-bond donors (Lipinski definition) is 0. The first kappa shape index (κ1) is 17.0. The van der Waals surface area contributed by atoms with E-state index in [4.69, 9.17) is 0 Å². The Hall–Kier alpha value is -2.82. The van der Waals surface area contributed by atoms with Crippen LogP contribution in [0.5, 0.6) is 0 Å². The minimum Gasteiger partial charge on any atom is -0.299 e. The second-order valence-electron chi connectivity index (χ2n) is 6.49. The Kier molecular flexibility index (Phi) is 4.49.